The monoisotopic (exact) mass is 254 g/mol. The zero-order chi connectivity index (χ0) is 13.0. The highest BCUT2D eigenvalue weighted by Gasteiger charge is 2.14. The molecule has 1 rings (SSSR count). The summed E-state index contributed by atoms with van der Waals surface area (Å²) in [5, 5.41) is -0.541. The molecule has 0 fully saturated rings. The predicted octanol–water partition coefficient (Wildman–Crippen LogP) is 2.52. The summed E-state index contributed by atoms with van der Waals surface area (Å²) < 4.78 is 4.60. The van der Waals surface area contributed by atoms with Crippen LogP contribution in [-0.4, -0.2) is 24.2 Å². The van der Waals surface area contributed by atoms with Crippen molar-refractivity contribution >= 4 is 23.4 Å². The van der Waals surface area contributed by atoms with Gasteiger partial charge in [0.2, 0.25) is 0 Å². The van der Waals surface area contributed by atoms with Crippen LogP contribution in [0, 0.1) is 6.92 Å². The summed E-state index contributed by atoms with van der Waals surface area (Å²) in [6.07, 6.45) is 0.216. The lowest BCUT2D eigenvalue weighted by atomic mass is 10.00. The van der Waals surface area contributed by atoms with Gasteiger partial charge in [-0.2, -0.15) is 0 Å². The van der Waals surface area contributed by atoms with Crippen molar-refractivity contribution in [1.29, 1.82) is 0 Å². The Hall–Kier alpha value is -1.35. The molecule has 0 N–H and O–H groups in total. The minimum absolute atomic E-state index is 0.112. The van der Waals surface area contributed by atoms with Gasteiger partial charge in [-0.1, -0.05) is 12.1 Å². The molecule has 0 saturated heterocycles. The van der Waals surface area contributed by atoms with Crippen LogP contribution in [0.15, 0.2) is 18.2 Å². The maximum Gasteiger partial charge on any atom is 0.309 e. The van der Waals surface area contributed by atoms with E-state index in [2.05, 4.69) is 4.74 Å². The molecule has 92 valence electrons. The average Bonchev–Trinajstić information content (AvgIpc) is 2.30. The number of benzene rings is 1. The summed E-state index contributed by atoms with van der Waals surface area (Å²) >= 11 is 5.74. The van der Waals surface area contributed by atoms with E-state index in [1.807, 2.05) is 6.92 Å². The fraction of sp³-hybridized carbons (Fsp3) is 0.385. The lowest BCUT2D eigenvalue weighted by molar-refractivity contribution is -0.139. The first-order valence-electron chi connectivity index (χ1n) is 5.30. The number of hydrogen-bond acceptors (Lipinski definition) is 3. The van der Waals surface area contributed by atoms with Crippen molar-refractivity contribution < 1.29 is 14.3 Å². The van der Waals surface area contributed by atoms with Crippen molar-refractivity contribution in [2.45, 2.75) is 25.6 Å². The van der Waals surface area contributed by atoms with Gasteiger partial charge in [-0.25, -0.2) is 0 Å². The molecule has 4 heteroatoms. The second kappa shape index (κ2) is 5.82. The van der Waals surface area contributed by atoms with Crippen LogP contribution in [0.2, 0.25) is 0 Å². The van der Waals surface area contributed by atoms with E-state index in [4.69, 9.17) is 11.6 Å². The number of rotatable bonds is 4. The Morgan fingerprint density at radius 1 is 1.41 bits per heavy atom. The van der Waals surface area contributed by atoms with E-state index < -0.39 is 5.38 Å². The molecular formula is C13H15ClO3. The van der Waals surface area contributed by atoms with Crippen LogP contribution < -0.4 is 0 Å². The van der Waals surface area contributed by atoms with Gasteiger partial charge in [-0.05, 0) is 31.0 Å². The van der Waals surface area contributed by atoms with Crippen molar-refractivity contribution in [3.63, 3.8) is 0 Å². The Morgan fingerprint density at radius 3 is 2.53 bits per heavy atom. The molecule has 0 heterocycles. The highest BCUT2D eigenvalue weighted by atomic mass is 35.5. The molecule has 0 radical (unpaired) electrons. The Kier molecular flexibility index (Phi) is 4.70. The van der Waals surface area contributed by atoms with E-state index in [1.165, 1.54) is 7.11 Å². The van der Waals surface area contributed by atoms with Crippen molar-refractivity contribution in [2.75, 3.05) is 7.11 Å². The van der Waals surface area contributed by atoms with Gasteiger partial charge in [0.25, 0.3) is 0 Å². The van der Waals surface area contributed by atoms with Crippen LogP contribution in [0.3, 0.4) is 0 Å². The number of aryl methyl sites for hydroxylation is 1. The summed E-state index contributed by atoms with van der Waals surface area (Å²) in [5.74, 6) is -0.405. The zero-order valence-electron chi connectivity index (χ0n) is 10.1. The molecule has 0 aromatic heterocycles. The van der Waals surface area contributed by atoms with Gasteiger partial charge in [0.1, 0.15) is 0 Å². The normalized spacial score (nSPS) is 12.0. The van der Waals surface area contributed by atoms with Crippen LogP contribution in [0.4, 0.5) is 0 Å². The van der Waals surface area contributed by atoms with Crippen LogP contribution in [0.5, 0.6) is 0 Å². The SMILES string of the molecule is COC(=O)Cc1ccc(C(=O)C(C)Cl)cc1C. The molecule has 0 spiro atoms. The van der Waals surface area contributed by atoms with Crippen LogP contribution >= 0.6 is 11.6 Å². The number of esters is 1. The number of alkyl halides is 1. The van der Waals surface area contributed by atoms with Crippen LogP contribution in [-0.2, 0) is 16.0 Å². The largest absolute Gasteiger partial charge is 0.469 e. The second-order valence-corrected chi connectivity index (χ2v) is 4.53. The Labute approximate surface area is 106 Å². The van der Waals surface area contributed by atoms with Gasteiger partial charge in [0, 0.05) is 5.56 Å². The third-order valence-electron chi connectivity index (χ3n) is 2.55. The smallest absolute Gasteiger partial charge is 0.309 e. The maximum absolute atomic E-state index is 11.7. The number of ketones is 1. The molecular weight excluding hydrogens is 240 g/mol. The molecule has 1 atom stereocenters. The Bertz CT molecular complexity index is 438. The van der Waals surface area contributed by atoms with Crippen molar-refractivity contribution in [3.05, 3.63) is 34.9 Å². The first-order chi connectivity index (χ1) is 7.95. The summed E-state index contributed by atoms with van der Waals surface area (Å²) in [6, 6.07) is 5.20. The quantitative estimate of drug-likeness (QED) is 0.471. The summed E-state index contributed by atoms with van der Waals surface area (Å²) in [4.78, 5) is 22.8. The Morgan fingerprint density at radius 2 is 2.06 bits per heavy atom. The van der Waals surface area contributed by atoms with E-state index in [1.54, 1.807) is 25.1 Å². The molecule has 0 aliphatic heterocycles. The minimum Gasteiger partial charge on any atom is -0.469 e. The third kappa shape index (κ3) is 3.56. The third-order valence-corrected chi connectivity index (χ3v) is 2.75. The van der Waals surface area contributed by atoms with E-state index in [-0.39, 0.29) is 18.2 Å². The number of ether oxygens (including phenoxy) is 1. The maximum atomic E-state index is 11.7. The molecule has 3 nitrogen and oxygen atoms in total. The Balaban J connectivity index is 2.94. The number of carbonyl (C=O) groups is 2. The highest BCUT2D eigenvalue weighted by molar-refractivity contribution is 6.33. The fourth-order valence-corrected chi connectivity index (χ4v) is 1.63. The first-order valence-corrected chi connectivity index (χ1v) is 5.74. The molecule has 0 aliphatic carbocycles. The lowest BCUT2D eigenvalue weighted by Crippen LogP contribution is -2.12. The van der Waals surface area contributed by atoms with Crippen molar-refractivity contribution in [2.24, 2.45) is 0 Å². The first kappa shape index (κ1) is 13.7. The van der Waals surface area contributed by atoms with Crippen LogP contribution in [0.25, 0.3) is 0 Å². The molecule has 0 bridgehead atoms. The predicted molar refractivity (Wildman–Crippen MR) is 66.5 cm³/mol. The van der Waals surface area contributed by atoms with Gasteiger partial charge in [0.05, 0.1) is 18.9 Å². The van der Waals surface area contributed by atoms with E-state index in [0.717, 1.165) is 11.1 Å². The molecule has 1 aromatic carbocycles. The van der Waals surface area contributed by atoms with Gasteiger partial charge in [-0.15, -0.1) is 11.6 Å². The van der Waals surface area contributed by atoms with E-state index >= 15 is 0 Å². The van der Waals surface area contributed by atoms with E-state index in [9.17, 15) is 9.59 Å². The summed E-state index contributed by atoms with van der Waals surface area (Å²) in [6.45, 7) is 3.50. The number of methoxy groups -OCH3 is 1. The molecule has 0 amide bonds. The number of hydrogen-bond donors (Lipinski definition) is 0. The average molecular weight is 255 g/mol. The highest BCUT2D eigenvalue weighted by Crippen LogP contribution is 2.15. The number of carbonyl (C=O) groups excluding carboxylic acids is 2. The molecule has 1 aromatic rings. The van der Waals surface area contributed by atoms with Gasteiger partial charge >= 0.3 is 5.97 Å². The molecule has 0 saturated carbocycles. The van der Waals surface area contributed by atoms with Crippen molar-refractivity contribution in [3.8, 4) is 0 Å². The second-order valence-electron chi connectivity index (χ2n) is 3.87. The summed E-state index contributed by atoms with van der Waals surface area (Å²) in [7, 11) is 1.35. The summed E-state index contributed by atoms with van der Waals surface area (Å²) in [5.41, 5.74) is 2.31. The van der Waals surface area contributed by atoms with Crippen LogP contribution in [0.1, 0.15) is 28.4 Å². The fourth-order valence-electron chi connectivity index (χ4n) is 1.50. The number of Topliss-reactive ketones (excluding diaryl/α,β-unsaturated/α-hetero) is 1. The molecule has 1 unspecified atom stereocenters. The molecule has 17 heavy (non-hydrogen) atoms. The number of halogens is 1. The lowest BCUT2D eigenvalue weighted by Gasteiger charge is -2.08. The van der Waals surface area contributed by atoms with Gasteiger partial charge in [-0.3, -0.25) is 9.59 Å². The minimum atomic E-state index is -0.541. The molecule has 0 aliphatic rings. The zero-order valence-corrected chi connectivity index (χ0v) is 10.9. The van der Waals surface area contributed by atoms with Gasteiger partial charge < -0.3 is 4.74 Å². The topological polar surface area (TPSA) is 43.4 Å². The standard InChI is InChI=1S/C13H15ClO3/c1-8-6-11(13(16)9(2)14)5-4-10(8)7-12(15)17-3/h4-6,9H,7H2,1-3H3. The van der Waals surface area contributed by atoms with Crippen molar-refractivity contribution in [1.82, 2.24) is 0 Å². The van der Waals surface area contributed by atoms with E-state index in [0.29, 0.717) is 5.56 Å². The van der Waals surface area contributed by atoms with Gasteiger partial charge in [0.15, 0.2) is 5.78 Å².